The van der Waals surface area contributed by atoms with Crippen molar-refractivity contribution in [1.29, 1.82) is 0 Å². The highest BCUT2D eigenvalue weighted by molar-refractivity contribution is 8.04. The number of carbonyl (C=O) groups excluding carboxylic acids is 3. The first-order chi connectivity index (χ1) is 19.7. The molecule has 204 valence electrons. The number of rotatable bonds is 8. The van der Waals surface area contributed by atoms with Crippen molar-refractivity contribution >= 4 is 52.2 Å². The van der Waals surface area contributed by atoms with Gasteiger partial charge < -0.3 is 10.6 Å². The molecular weight excluding hydrogens is 540 g/mol. The fourth-order valence-electron chi connectivity index (χ4n) is 4.15. The van der Waals surface area contributed by atoms with Gasteiger partial charge in [-0.25, -0.2) is 4.90 Å². The van der Waals surface area contributed by atoms with Crippen LogP contribution in [0.15, 0.2) is 113 Å². The minimum Gasteiger partial charge on any atom is -0.350 e. The first-order valence-corrected chi connectivity index (χ1v) is 13.4. The Labute approximate surface area is 240 Å². The summed E-state index contributed by atoms with van der Waals surface area (Å²) >= 11 is 1.15. The van der Waals surface area contributed by atoms with Gasteiger partial charge in [-0.1, -0.05) is 36.0 Å². The summed E-state index contributed by atoms with van der Waals surface area (Å²) in [6.45, 7) is 3.98. The van der Waals surface area contributed by atoms with Crippen molar-refractivity contribution in [2.75, 3.05) is 15.5 Å². The molecule has 0 saturated heterocycles. The number of thioether (sulfide) groups is 1. The number of para-hydroxylation sites is 1. The third kappa shape index (κ3) is 5.87. The Morgan fingerprint density at radius 3 is 2.10 bits per heavy atom. The zero-order valence-electron chi connectivity index (χ0n) is 22.1. The topological polar surface area (TPSA) is 122 Å². The van der Waals surface area contributed by atoms with Crippen LogP contribution in [0.3, 0.4) is 0 Å². The van der Waals surface area contributed by atoms with Gasteiger partial charge in [0.25, 0.3) is 23.4 Å². The van der Waals surface area contributed by atoms with Crippen molar-refractivity contribution < 1.29 is 19.3 Å². The van der Waals surface area contributed by atoms with Crippen molar-refractivity contribution in [2.24, 2.45) is 0 Å². The van der Waals surface area contributed by atoms with E-state index in [1.165, 1.54) is 24.3 Å². The van der Waals surface area contributed by atoms with Gasteiger partial charge in [0.05, 0.1) is 10.6 Å². The Kier molecular flexibility index (Phi) is 7.66. The van der Waals surface area contributed by atoms with Gasteiger partial charge in [-0.3, -0.25) is 24.5 Å². The maximum Gasteiger partial charge on any atom is 0.283 e. The summed E-state index contributed by atoms with van der Waals surface area (Å²) in [7, 11) is 0. The number of benzene rings is 4. The van der Waals surface area contributed by atoms with Gasteiger partial charge in [-0.05, 0) is 85.6 Å². The Morgan fingerprint density at radius 1 is 0.805 bits per heavy atom. The molecule has 2 N–H and O–H groups in total. The van der Waals surface area contributed by atoms with E-state index in [0.717, 1.165) is 27.8 Å². The Bertz CT molecular complexity index is 1700. The van der Waals surface area contributed by atoms with E-state index >= 15 is 0 Å². The molecule has 3 amide bonds. The molecule has 0 aromatic heterocycles. The molecule has 4 aromatic rings. The lowest BCUT2D eigenvalue weighted by atomic mass is 10.1. The van der Waals surface area contributed by atoms with Crippen LogP contribution in [0, 0.1) is 24.0 Å². The molecule has 0 fully saturated rings. The van der Waals surface area contributed by atoms with Crippen LogP contribution in [0.25, 0.3) is 0 Å². The molecule has 4 aromatic carbocycles. The Balaban J connectivity index is 1.38. The van der Waals surface area contributed by atoms with E-state index in [1.54, 1.807) is 48.5 Å². The predicted octanol–water partition coefficient (Wildman–Crippen LogP) is 6.45. The summed E-state index contributed by atoms with van der Waals surface area (Å²) < 4.78 is 0. The molecule has 1 heterocycles. The fraction of sp³-hybridized carbons (Fsp3) is 0.0645. The van der Waals surface area contributed by atoms with E-state index in [-0.39, 0.29) is 21.9 Å². The number of carbonyl (C=O) groups is 3. The second kappa shape index (κ2) is 11.5. The fourth-order valence-corrected chi connectivity index (χ4v) is 5.08. The number of imide groups is 1. The first-order valence-electron chi connectivity index (χ1n) is 12.6. The quantitative estimate of drug-likeness (QED) is 0.143. The van der Waals surface area contributed by atoms with E-state index in [2.05, 4.69) is 10.6 Å². The average molecular weight is 565 g/mol. The summed E-state index contributed by atoms with van der Waals surface area (Å²) in [4.78, 5) is 52.1. The van der Waals surface area contributed by atoms with Crippen molar-refractivity contribution in [2.45, 2.75) is 18.7 Å². The van der Waals surface area contributed by atoms with Crippen LogP contribution in [-0.4, -0.2) is 22.6 Å². The maximum atomic E-state index is 13.6. The van der Waals surface area contributed by atoms with Crippen LogP contribution in [0.5, 0.6) is 0 Å². The van der Waals surface area contributed by atoms with Gasteiger partial charge in [0, 0.05) is 34.0 Å². The van der Waals surface area contributed by atoms with E-state index in [4.69, 9.17) is 0 Å². The molecule has 41 heavy (non-hydrogen) atoms. The summed E-state index contributed by atoms with van der Waals surface area (Å²) in [5, 5.41) is 16.8. The molecule has 0 atom stereocenters. The van der Waals surface area contributed by atoms with E-state index in [9.17, 15) is 24.5 Å². The normalized spacial score (nSPS) is 13.0. The minimum absolute atomic E-state index is 0.102. The number of hydrogen-bond donors (Lipinski definition) is 2. The number of nitro benzene ring substituents is 1. The van der Waals surface area contributed by atoms with Crippen molar-refractivity contribution in [3.63, 3.8) is 0 Å². The van der Waals surface area contributed by atoms with Crippen LogP contribution in [-0.2, 0) is 9.59 Å². The number of hydrogen-bond acceptors (Lipinski definition) is 7. The lowest BCUT2D eigenvalue weighted by Gasteiger charge is -2.15. The highest BCUT2D eigenvalue weighted by Crippen LogP contribution is 2.38. The largest absolute Gasteiger partial charge is 0.350 e. The lowest BCUT2D eigenvalue weighted by Crippen LogP contribution is -2.32. The molecule has 0 bridgehead atoms. The first kappa shape index (κ1) is 27.4. The molecule has 0 spiro atoms. The number of aryl methyl sites for hydroxylation is 2. The average Bonchev–Trinajstić information content (AvgIpc) is 3.20. The molecule has 5 rings (SSSR count). The van der Waals surface area contributed by atoms with Crippen molar-refractivity contribution in [1.82, 2.24) is 0 Å². The highest BCUT2D eigenvalue weighted by Gasteiger charge is 2.40. The molecule has 9 nitrogen and oxygen atoms in total. The zero-order valence-corrected chi connectivity index (χ0v) is 22.9. The number of anilines is 3. The predicted molar refractivity (Wildman–Crippen MR) is 159 cm³/mol. The highest BCUT2D eigenvalue weighted by atomic mass is 32.2. The zero-order chi connectivity index (χ0) is 29.1. The second-order valence-electron chi connectivity index (χ2n) is 9.29. The Hall–Kier alpha value is -5.22. The van der Waals surface area contributed by atoms with E-state index in [0.29, 0.717) is 22.0 Å². The van der Waals surface area contributed by atoms with Gasteiger partial charge in [-0.15, -0.1) is 0 Å². The molecule has 0 unspecified atom stereocenters. The van der Waals surface area contributed by atoms with Gasteiger partial charge in [0.1, 0.15) is 10.6 Å². The number of nitrogens with one attached hydrogen (secondary N) is 2. The third-order valence-electron chi connectivity index (χ3n) is 6.50. The van der Waals surface area contributed by atoms with Gasteiger partial charge in [0.15, 0.2) is 0 Å². The molecule has 0 radical (unpaired) electrons. The molecular formula is C31H24N4O5S. The molecule has 0 aliphatic carbocycles. The van der Waals surface area contributed by atoms with Gasteiger partial charge >= 0.3 is 0 Å². The van der Waals surface area contributed by atoms with Crippen molar-refractivity contribution in [3.8, 4) is 0 Å². The number of non-ortho nitro benzene ring substituents is 1. The lowest BCUT2D eigenvalue weighted by molar-refractivity contribution is -0.384. The number of nitrogens with zero attached hydrogens (tertiary/aromatic N) is 2. The summed E-state index contributed by atoms with van der Waals surface area (Å²) in [6, 6.07) is 26.6. The molecule has 1 aliphatic heterocycles. The summed E-state index contributed by atoms with van der Waals surface area (Å²) in [6.07, 6.45) is 0. The molecule has 1 aliphatic rings. The number of nitro groups is 1. The Morgan fingerprint density at radius 2 is 1.46 bits per heavy atom. The van der Waals surface area contributed by atoms with E-state index in [1.807, 2.05) is 38.1 Å². The van der Waals surface area contributed by atoms with Crippen LogP contribution in [0.4, 0.5) is 22.7 Å². The monoisotopic (exact) mass is 564 g/mol. The third-order valence-corrected chi connectivity index (χ3v) is 7.60. The number of amides is 3. The smallest absolute Gasteiger partial charge is 0.283 e. The van der Waals surface area contributed by atoms with Crippen LogP contribution in [0.1, 0.15) is 21.5 Å². The van der Waals surface area contributed by atoms with Gasteiger partial charge in [0.2, 0.25) is 0 Å². The van der Waals surface area contributed by atoms with Crippen LogP contribution in [0.2, 0.25) is 0 Å². The SMILES string of the molecule is Cc1ccc(NC2=C(Sc3ccc(NC(=O)c4ccc([N+](=O)[O-])cc4)cc3)C(=O)N(c3ccccc3)C2=O)cc1C. The van der Waals surface area contributed by atoms with Gasteiger partial charge in [-0.2, -0.15) is 0 Å². The van der Waals surface area contributed by atoms with Crippen molar-refractivity contribution in [3.05, 3.63) is 134 Å². The second-order valence-corrected chi connectivity index (χ2v) is 10.4. The maximum absolute atomic E-state index is 13.6. The van der Waals surface area contributed by atoms with Crippen LogP contribution < -0.4 is 15.5 Å². The standard InChI is InChI=1S/C31H24N4O5S/c1-19-8-11-23(18-20(19)2)32-27-28(31(38)34(30(27)37)24-6-4-3-5-7-24)41-26-16-12-22(13-17-26)33-29(36)21-9-14-25(15-10-21)35(39)40/h3-18,32H,1-2H3,(H,33,36). The van der Waals surface area contributed by atoms with E-state index < -0.39 is 22.6 Å². The molecule has 10 heteroatoms. The minimum atomic E-state index is -0.530. The molecule has 0 saturated carbocycles. The summed E-state index contributed by atoms with van der Waals surface area (Å²) in [5.74, 6) is -1.31. The summed E-state index contributed by atoms with van der Waals surface area (Å²) in [5.41, 5.74) is 4.19. The van der Waals surface area contributed by atoms with Crippen LogP contribution >= 0.6 is 11.8 Å².